The summed E-state index contributed by atoms with van der Waals surface area (Å²) in [6.07, 6.45) is -4.84. The Hall–Kier alpha value is -4.32. The molecular formula is C24H15F3N4O4S. The van der Waals surface area contributed by atoms with Crippen LogP contribution in [0.1, 0.15) is 5.56 Å². The number of nitrogens with one attached hydrogen (secondary N) is 1. The van der Waals surface area contributed by atoms with E-state index in [1.807, 2.05) is 18.2 Å². The Balaban J connectivity index is 1.61. The van der Waals surface area contributed by atoms with Crippen molar-refractivity contribution >= 4 is 39.4 Å². The molecule has 0 spiro atoms. The van der Waals surface area contributed by atoms with Crippen LogP contribution in [-0.2, 0) is 5.75 Å². The van der Waals surface area contributed by atoms with Crippen LogP contribution >= 0.6 is 11.8 Å². The van der Waals surface area contributed by atoms with Gasteiger partial charge in [-0.25, -0.2) is 4.98 Å². The number of thioether (sulfide) groups is 1. The van der Waals surface area contributed by atoms with Crippen molar-refractivity contribution in [1.29, 1.82) is 0 Å². The van der Waals surface area contributed by atoms with Crippen molar-refractivity contribution in [2.24, 2.45) is 0 Å². The number of halogens is 3. The predicted molar refractivity (Wildman–Crippen MR) is 129 cm³/mol. The third-order valence-corrected chi connectivity index (χ3v) is 6.32. The number of nitro benzene ring substituents is 1. The molecule has 2 heterocycles. The van der Waals surface area contributed by atoms with Crippen molar-refractivity contribution in [3.8, 4) is 11.4 Å². The number of ether oxygens (including phenoxy) is 1. The van der Waals surface area contributed by atoms with E-state index in [-0.39, 0.29) is 27.8 Å². The van der Waals surface area contributed by atoms with Gasteiger partial charge in [0.25, 0.3) is 11.2 Å². The molecule has 0 fully saturated rings. The van der Waals surface area contributed by atoms with Gasteiger partial charge in [0, 0.05) is 28.8 Å². The lowest BCUT2D eigenvalue weighted by molar-refractivity contribution is -0.384. The Morgan fingerprint density at radius 1 is 1.06 bits per heavy atom. The molecule has 12 heteroatoms. The molecule has 3 aromatic carbocycles. The SMILES string of the molecule is O=c1c2[nH]c3ccccc3c2nc(SCc2cccc([N+](=O)[O-])c2)n1-c1ccc(OC(F)(F)F)cc1. The van der Waals surface area contributed by atoms with E-state index >= 15 is 0 Å². The highest BCUT2D eigenvalue weighted by Gasteiger charge is 2.31. The first-order valence-corrected chi connectivity index (χ1v) is 11.4. The minimum atomic E-state index is -4.84. The lowest BCUT2D eigenvalue weighted by atomic mass is 10.2. The fourth-order valence-electron chi connectivity index (χ4n) is 3.77. The van der Waals surface area contributed by atoms with Crippen molar-refractivity contribution in [2.45, 2.75) is 17.3 Å². The Labute approximate surface area is 204 Å². The Morgan fingerprint density at radius 2 is 1.81 bits per heavy atom. The molecule has 0 bridgehead atoms. The molecule has 0 saturated carbocycles. The van der Waals surface area contributed by atoms with Gasteiger partial charge >= 0.3 is 6.36 Å². The second-order valence-corrected chi connectivity index (χ2v) is 8.63. The van der Waals surface area contributed by atoms with Gasteiger partial charge in [0.05, 0.1) is 10.6 Å². The average Bonchev–Trinajstić information content (AvgIpc) is 3.22. The Morgan fingerprint density at radius 3 is 2.53 bits per heavy atom. The Bertz CT molecular complexity index is 1660. The molecule has 0 unspecified atom stereocenters. The first-order chi connectivity index (χ1) is 17.2. The quantitative estimate of drug-likeness (QED) is 0.130. The average molecular weight is 512 g/mol. The summed E-state index contributed by atoms with van der Waals surface area (Å²) in [5.41, 5.74) is 1.82. The first kappa shape index (κ1) is 23.4. The molecule has 36 heavy (non-hydrogen) atoms. The molecule has 2 aromatic heterocycles. The van der Waals surface area contributed by atoms with Crippen LogP contribution < -0.4 is 10.3 Å². The number of rotatable bonds is 6. The number of fused-ring (bicyclic) bond motifs is 3. The van der Waals surface area contributed by atoms with E-state index in [1.54, 1.807) is 18.2 Å². The van der Waals surface area contributed by atoms with Crippen molar-refractivity contribution in [1.82, 2.24) is 14.5 Å². The van der Waals surface area contributed by atoms with Crippen molar-refractivity contribution in [2.75, 3.05) is 0 Å². The normalized spacial score (nSPS) is 11.8. The van der Waals surface area contributed by atoms with Crippen LogP contribution in [0.5, 0.6) is 5.75 Å². The third kappa shape index (κ3) is 4.62. The third-order valence-electron chi connectivity index (χ3n) is 5.31. The summed E-state index contributed by atoms with van der Waals surface area (Å²) in [6, 6.07) is 18.2. The van der Waals surface area contributed by atoms with E-state index in [9.17, 15) is 28.1 Å². The molecule has 5 aromatic rings. The van der Waals surface area contributed by atoms with Crippen LogP contribution in [-0.4, -0.2) is 25.8 Å². The number of aromatic amines is 1. The number of non-ortho nitro benzene ring substituents is 1. The van der Waals surface area contributed by atoms with Crippen molar-refractivity contribution in [3.63, 3.8) is 0 Å². The minimum Gasteiger partial charge on any atom is -0.406 e. The van der Waals surface area contributed by atoms with Crippen LogP contribution in [0.15, 0.2) is 82.7 Å². The van der Waals surface area contributed by atoms with E-state index in [0.29, 0.717) is 16.6 Å². The highest BCUT2D eigenvalue weighted by molar-refractivity contribution is 7.98. The van der Waals surface area contributed by atoms with Gasteiger partial charge < -0.3 is 9.72 Å². The fourth-order valence-corrected chi connectivity index (χ4v) is 4.72. The van der Waals surface area contributed by atoms with Gasteiger partial charge in [-0.3, -0.25) is 19.5 Å². The molecule has 0 amide bonds. The fraction of sp³-hybridized carbons (Fsp3) is 0.0833. The molecule has 0 radical (unpaired) electrons. The molecule has 1 N–H and O–H groups in total. The maximum atomic E-state index is 13.6. The summed E-state index contributed by atoms with van der Waals surface area (Å²) in [6.45, 7) is 0. The lowest BCUT2D eigenvalue weighted by Crippen LogP contribution is -2.22. The molecule has 0 aliphatic heterocycles. The smallest absolute Gasteiger partial charge is 0.406 e. The van der Waals surface area contributed by atoms with Gasteiger partial charge in [-0.2, -0.15) is 0 Å². The first-order valence-electron chi connectivity index (χ1n) is 10.5. The highest BCUT2D eigenvalue weighted by atomic mass is 32.2. The Kier molecular flexibility index (Phi) is 5.88. The number of H-pyrrole nitrogens is 1. The molecule has 8 nitrogen and oxygen atoms in total. The van der Waals surface area contributed by atoms with Gasteiger partial charge in [-0.15, -0.1) is 13.2 Å². The molecule has 0 aliphatic carbocycles. The van der Waals surface area contributed by atoms with Crippen LogP contribution in [0.25, 0.3) is 27.6 Å². The van der Waals surface area contributed by atoms with E-state index in [0.717, 1.165) is 17.5 Å². The predicted octanol–water partition coefficient (Wildman–Crippen LogP) is 5.97. The molecule has 0 saturated heterocycles. The second-order valence-electron chi connectivity index (χ2n) is 7.69. The maximum absolute atomic E-state index is 13.6. The van der Waals surface area contributed by atoms with Crippen LogP contribution in [0, 0.1) is 10.1 Å². The van der Waals surface area contributed by atoms with E-state index < -0.39 is 22.6 Å². The van der Waals surface area contributed by atoms with Gasteiger partial charge in [0.15, 0.2) is 5.16 Å². The van der Waals surface area contributed by atoms with Gasteiger partial charge in [-0.05, 0) is 35.9 Å². The molecule has 0 aliphatic rings. The lowest BCUT2D eigenvalue weighted by Gasteiger charge is -2.13. The number of alkyl halides is 3. The van der Waals surface area contributed by atoms with Gasteiger partial charge in [0.2, 0.25) is 0 Å². The van der Waals surface area contributed by atoms with Crippen molar-refractivity contribution < 1.29 is 22.8 Å². The molecule has 5 rings (SSSR count). The van der Waals surface area contributed by atoms with Crippen LogP contribution in [0.3, 0.4) is 0 Å². The zero-order valence-corrected chi connectivity index (χ0v) is 19.0. The highest BCUT2D eigenvalue weighted by Crippen LogP contribution is 2.30. The minimum absolute atomic E-state index is 0.0641. The van der Waals surface area contributed by atoms with E-state index in [1.165, 1.54) is 40.6 Å². The van der Waals surface area contributed by atoms with E-state index in [2.05, 4.69) is 9.72 Å². The van der Waals surface area contributed by atoms with Gasteiger partial charge in [-0.1, -0.05) is 42.1 Å². The topological polar surface area (TPSA) is 103 Å². The molecule has 182 valence electrons. The van der Waals surface area contributed by atoms with Gasteiger partial charge in [0.1, 0.15) is 16.8 Å². The zero-order valence-electron chi connectivity index (χ0n) is 18.2. The molecule has 0 atom stereocenters. The number of para-hydroxylation sites is 1. The summed E-state index contributed by atoms with van der Waals surface area (Å²) in [7, 11) is 0. The van der Waals surface area contributed by atoms with Crippen molar-refractivity contribution in [3.05, 3.63) is 98.8 Å². The summed E-state index contributed by atoms with van der Waals surface area (Å²) in [5, 5.41) is 12.1. The summed E-state index contributed by atoms with van der Waals surface area (Å²) < 4.78 is 42.9. The summed E-state index contributed by atoms with van der Waals surface area (Å²) >= 11 is 1.17. The summed E-state index contributed by atoms with van der Waals surface area (Å²) in [5.74, 6) is -0.165. The van der Waals surface area contributed by atoms with Crippen LogP contribution in [0.4, 0.5) is 18.9 Å². The number of benzene rings is 3. The zero-order chi connectivity index (χ0) is 25.4. The standard InChI is InChI=1S/C24H15F3N4O4S/c25-24(26,27)35-17-10-8-15(9-11-17)30-22(32)21-20(18-6-1-2-7-19(18)28-21)29-23(30)36-13-14-4-3-5-16(12-14)31(33)34/h1-12,28H,13H2. The largest absolute Gasteiger partial charge is 0.573 e. The summed E-state index contributed by atoms with van der Waals surface area (Å²) in [4.78, 5) is 32.0. The maximum Gasteiger partial charge on any atom is 0.573 e. The number of aromatic nitrogens is 3. The number of hydrogen-bond donors (Lipinski definition) is 1. The number of nitro groups is 1. The second kappa shape index (κ2) is 9.04. The monoisotopic (exact) mass is 512 g/mol. The van der Waals surface area contributed by atoms with E-state index in [4.69, 9.17) is 4.98 Å². The number of nitrogens with zero attached hydrogens (tertiary/aromatic N) is 3. The van der Waals surface area contributed by atoms with Crippen LogP contribution in [0.2, 0.25) is 0 Å². The molecular weight excluding hydrogens is 497 g/mol. The number of hydrogen-bond acceptors (Lipinski definition) is 6.